The molecule has 1 atom stereocenters. The van der Waals surface area contributed by atoms with Gasteiger partial charge in [0.2, 0.25) is 0 Å². The monoisotopic (exact) mass is 285 g/mol. The molecule has 21 heavy (non-hydrogen) atoms. The van der Waals surface area contributed by atoms with E-state index < -0.39 is 5.82 Å². The van der Waals surface area contributed by atoms with Crippen LogP contribution < -0.4 is 5.73 Å². The molecule has 1 aromatic heterocycles. The minimum absolute atomic E-state index is 0.0387. The van der Waals surface area contributed by atoms with Crippen LogP contribution in [0.5, 0.6) is 0 Å². The van der Waals surface area contributed by atoms with Gasteiger partial charge >= 0.3 is 0 Å². The maximum absolute atomic E-state index is 13.9. The van der Waals surface area contributed by atoms with Gasteiger partial charge in [0.05, 0.1) is 11.6 Å². The predicted octanol–water partition coefficient (Wildman–Crippen LogP) is 2.78. The molecule has 108 valence electrons. The molecule has 4 nitrogen and oxygen atoms in total. The Hall–Kier alpha value is -2.43. The Kier molecular flexibility index (Phi) is 3.56. The predicted molar refractivity (Wildman–Crippen MR) is 78.1 cm³/mol. The molecule has 1 aliphatic rings. The van der Waals surface area contributed by atoms with Crippen molar-refractivity contribution in [3.8, 4) is 0 Å². The van der Waals surface area contributed by atoms with E-state index in [9.17, 15) is 9.18 Å². The third-order valence-electron chi connectivity index (χ3n) is 3.81. The number of carbonyl (C=O) groups is 1. The van der Waals surface area contributed by atoms with Crippen molar-refractivity contribution in [2.75, 3.05) is 12.3 Å². The number of nitrogen functional groups attached to an aromatic ring is 1. The largest absolute Gasteiger partial charge is 0.399 e. The van der Waals surface area contributed by atoms with Gasteiger partial charge in [-0.2, -0.15) is 0 Å². The average molecular weight is 285 g/mol. The van der Waals surface area contributed by atoms with E-state index in [1.807, 2.05) is 12.1 Å². The van der Waals surface area contributed by atoms with Crippen LogP contribution in [0.1, 0.15) is 34.8 Å². The first-order chi connectivity index (χ1) is 10.2. The highest BCUT2D eigenvalue weighted by atomic mass is 19.1. The van der Waals surface area contributed by atoms with Crippen LogP contribution in [-0.4, -0.2) is 22.3 Å². The van der Waals surface area contributed by atoms with Crippen LogP contribution in [0.15, 0.2) is 42.7 Å². The summed E-state index contributed by atoms with van der Waals surface area (Å²) in [5, 5.41) is 0. The summed E-state index contributed by atoms with van der Waals surface area (Å²) in [7, 11) is 0. The second-order valence-electron chi connectivity index (χ2n) is 5.18. The van der Waals surface area contributed by atoms with E-state index in [1.54, 1.807) is 23.4 Å². The average Bonchev–Trinajstić information content (AvgIpc) is 2.97. The molecule has 2 aromatic rings. The molecule has 1 aliphatic heterocycles. The normalized spacial score (nSPS) is 18.0. The van der Waals surface area contributed by atoms with Crippen LogP contribution in [0, 0.1) is 5.82 Å². The van der Waals surface area contributed by atoms with E-state index in [1.165, 1.54) is 12.1 Å². The smallest absolute Gasteiger partial charge is 0.257 e. The quantitative estimate of drug-likeness (QED) is 0.863. The molecule has 0 aliphatic carbocycles. The van der Waals surface area contributed by atoms with Gasteiger partial charge in [0.15, 0.2) is 0 Å². The molecule has 1 aromatic carbocycles. The van der Waals surface area contributed by atoms with Crippen LogP contribution in [0.2, 0.25) is 0 Å². The number of nitrogens with zero attached hydrogens (tertiary/aromatic N) is 2. The van der Waals surface area contributed by atoms with E-state index >= 15 is 0 Å². The van der Waals surface area contributed by atoms with Gasteiger partial charge in [0.25, 0.3) is 5.91 Å². The molecule has 0 spiro atoms. The van der Waals surface area contributed by atoms with Gasteiger partial charge in [0.1, 0.15) is 5.82 Å². The van der Waals surface area contributed by atoms with Crippen molar-refractivity contribution in [2.45, 2.75) is 18.9 Å². The summed E-state index contributed by atoms with van der Waals surface area (Å²) >= 11 is 0. The third kappa shape index (κ3) is 2.59. The highest BCUT2D eigenvalue weighted by Gasteiger charge is 2.31. The topological polar surface area (TPSA) is 59.2 Å². The number of hydrogen-bond acceptors (Lipinski definition) is 3. The number of halogens is 1. The van der Waals surface area contributed by atoms with E-state index in [4.69, 9.17) is 5.73 Å². The third-order valence-corrected chi connectivity index (χ3v) is 3.81. The standard InChI is InChI=1S/C16H16FN3O/c17-14-9-12(18)5-6-13(14)16(21)20-8-2-4-15(20)11-3-1-7-19-10-11/h1,3,5-7,9-10,15H,2,4,8,18H2. The molecule has 1 saturated heterocycles. The van der Waals surface area contributed by atoms with Crippen molar-refractivity contribution in [1.82, 2.24) is 9.88 Å². The van der Waals surface area contributed by atoms with E-state index in [0.717, 1.165) is 18.4 Å². The number of hydrogen-bond donors (Lipinski definition) is 1. The number of amides is 1. The molecule has 1 fully saturated rings. The summed E-state index contributed by atoms with van der Waals surface area (Å²) in [5.74, 6) is -0.865. The Morgan fingerprint density at radius 2 is 2.24 bits per heavy atom. The molecule has 1 amide bonds. The van der Waals surface area contributed by atoms with Crippen molar-refractivity contribution < 1.29 is 9.18 Å². The van der Waals surface area contributed by atoms with Crippen LogP contribution in [0.4, 0.5) is 10.1 Å². The highest BCUT2D eigenvalue weighted by molar-refractivity contribution is 5.95. The fourth-order valence-electron chi connectivity index (χ4n) is 2.79. The fourth-order valence-corrected chi connectivity index (χ4v) is 2.79. The maximum atomic E-state index is 13.9. The minimum Gasteiger partial charge on any atom is -0.399 e. The van der Waals surface area contributed by atoms with Crippen LogP contribution in [0.25, 0.3) is 0 Å². The van der Waals surface area contributed by atoms with Gasteiger partial charge in [-0.05, 0) is 42.7 Å². The van der Waals surface area contributed by atoms with Crippen LogP contribution in [0.3, 0.4) is 0 Å². The molecular weight excluding hydrogens is 269 g/mol. The Morgan fingerprint density at radius 1 is 1.38 bits per heavy atom. The van der Waals surface area contributed by atoms with Gasteiger partial charge < -0.3 is 10.6 Å². The number of pyridine rings is 1. The van der Waals surface area contributed by atoms with E-state index in [0.29, 0.717) is 12.2 Å². The van der Waals surface area contributed by atoms with Crippen molar-refractivity contribution >= 4 is 11.6 Å². The maximum Gasteiger partial charge on any atom is 0.257 e. The van der Waals surface area contributed by atoms with Gasteiger partial charge in [-0.3, -0.25) is 9.78 Å². The van der Waals surface area contributed by atoms with Gasteiger partial charge in [-0.25, -0.2) is 4.39 Å². The Labute approximate surface area is 122 Å². The molecule has 5 heteroatoms. The Morgan fingerprint density at radius 3 is 2.95 bits per heavy atom. The molecule has 1 unspecified atom stereocenters. The highest BCUT2D eigenvalue weighted by Crippen LogP contribution is 2.33. The fraction of sp³-hybridized carbons (Fsp3) is 0.250. The number of nitrogens with two attached hydrogens (primary N) is 1. The first-order valence-corrected chi connectivity index (χ1v) is 6.93. The molecule has 2 N–H and O–H groups in total. The second kappa shape index (κ2) is 5.52. The summed E-state index contributed by atoms with van der Waals surface area (Å²) in [6.45, 7) is 0.627. The molecular formula is C16H16FN3O. The van der Waals surface area contributed by atoms with E-state index in [2.05, 4.69) is 4.98 Å². The van der Waals surface area contributed by atoms with Crippen LogP contribution >= 0.6 is 0 Å². The van der Waals surface area contributed by atoms with Gasteiger partial charge in [-0.15, -0.1) is 0 Å². The first kappa shape index (κ1) is 13.5. The number of aromatic nitrogens is 1. The first-order valence-electron chi connectivity index (χ1n) is 6.93. The molecule has 3 rings (SSSR count). The Bertz CT molecular complexity index is 660. The van der Waals surface area contributed by atoms with E-state index in [-0.39, 0.29) is 17.5 Å². The molecule has 0 bridgehead atoms. The number of likely N-dealkylation sites (tertiary alicyclic amines) is 1. The molecule has 2 heterocycles. The number of benzene rings is 1. The zero-order valence-corrected chi connectivity index (χ0v) is 11.5. The van der Waals surface area contributed by atoms with Crippen molar-refractivity contribution in [3.05, 3.63) is 59.7 Å². The SMILES string of the molecule is Nc1ccc(C(=O)N2CCCC2c2cccnc2)c(F)c1. The minimum atomic E-state index is -0.572. The number of carbonyl (C=O) groups excluding carboxylic acids is 1. The molecule has 0 radical (unpaired) electrons. The lowest BCUT2D eigenvalue weighted by Crippen LogP contribution is -2.31. The summed E-state index contributed by atoms with van der Waals surface area (Å²) < 4.78 is 13.9. The van der Waals surface area contributed by atoms with Crippen molar-refractivity contribution in [2.24, 2.45) is 0 Å². The summed E-state index contributed by atoms with van der Waals surface area (Å²) in [6.07, 6.45) is 5.23. The van der Waals surface area contributed by atoms with Gasteiger partial charge in [0, 0.05) is 24.6 Å². The number of anilines is 1. The zero-order valence-electron chi connectivity index (χ0n) is 11.5. The summed E-state index contributed by atoms with van der Waals surface area (Å²) in [5.41, 5.74) is 6.90. The lowest BCUT2D eigenvalue weighted by molar-refractivity contribution is 0.0731. The Balaban J connectivity index is 1.90. The summed E-state index contributed by atoms with van der Waals surface area (Å²) in [4.78, 5) is 18.4. The number of rotatable bonds is 2. The lowest BCUT2D eigenvalue weighted by atomic mass is 10.1. The summed E-state index contributed by atoms with van der Waals surface area (Å²) in [6, 6.07) is 7.94. The lowest BCUT2D eigenvalue weighted by Gasteiger charge is -2.25. The second-order valence-corrected chi connectivity index (χ2v) is 5.18. The van der Waals surface area contributed by atoms with Gasteiger partial charge in [-0.1, -0.05) is 6.07 Å². The van der Waals surface area contributed by atoms with Crippen molar-refractivity contribution in [3.63, 3.8) is 0 Å². The van der Waals surface area contributed by atoms with Crippen LogP contribution in [-0.2, 0) is 0 Å². The molecule has 0 saturated carbocycles. The van der Waals surface area contributed by atoms with Crippen molar-refractivity contribution in [1.29, 1.82) is 0 Å². The zero-order chi connectivity index (χ0) is 14.8.